The molecule has 0 fully saturated rings. The van der Waals surface area contributed by atoms with E-state index in [2.05, 4.69) is 5.32 Å². The van der Waals surface area contributed by atoms with E-state index in [1.54, 1.807) is 13.8 Å². The van der Waals surface area contributed by atoms with Crippen molar-refractivity contribution in [3.8, 4) is 0 Å². The summed E-state index contributed by atoms with van der Waals surface area (Å²) in [6.45, 7) is 7.38. The molecule has 0 saturated carbocycles. The first-order valence-electron chi connectivity index (χ1n) is 13.8. The van der Waals surface area contributed by atoms with Gasteiger partial charge in [0.2, 0.25) is 12.1 Å². The van der Waals surface area contributed by atoms with Gasteiger partial charge in [-0.2, -0.15) is 0 Å². The van der Waals surface area contributed by atoms with Crippen molar-refractivity contribution in [2.45, 2.75) is 78.7 Å². The first-order chi connectivity index (χ1) is 19.9. The minimum absolute atomic E-state index is 0.0291. The third-order valence-corrected chi connectivity index (χ3v) is 6.61. The number of carboxylic acid groups (broad SMARTS) is 1. The first-order valence-corrected chi connectivity index (χ1v) is 13.8. The van der Waals surface area contributed by atoms with Gasteiger partial charge in [0.05, 0.1) is 16.7 Å². The number of fused-ring (bicyclic) bond motifs is 2. The van der Waals surface area contributed by atoms with Gasteiger partial charge in [-0.25, -0.2) is 9.59 Å². The van der Waals surface area contributed by atoms with Gasteiger partial charge >= 0.3 is 17.9 Å². The summed E-state index contributed by atoms with van der Waals surface area (Å²) in [7, 11) is 0. The van der Waals surface area contributed by atoms with Gasteiger partial charge in [0.1, 0.15) is 17.3 Å². The number of nitrogens with one attached hydrogen (secondary N) is 2. The van der Waals surface area contributed by atoms with Crippen LogP contribution in [0.25, 0.3) is 21.9 Å². The van der Waals surface area contributed by atoms with Crippen molar-refractivity contribution in [2.75, 3.05) is 6.54 Å². The van der Waals surface area contributed by atoms with Gasteiger partial charge in [0.25, 0.3) is 0 Å². The van der Waals surface area contributed by atoms with Gasteiger partial charge in [0, 0.05) is 43.1 Å². The van der Waals surface area contributed by atoms with E-state index < -0.39 is 46.9 Å². The molecule has 13 nitrogen and oxygen atoms in total. The average Bonchev–Trinajstić information content (AvgIpc) is 2.92. The molecular formula is C29H36N4O9. The molecule has 5 N–H and O–H groups in total. The molecule has 42 heavy (non-hydrogen) atoms. The highest BCUT2D eigenvalue weighted by Crippen LogP contribution is 2.29. The SMILES string of the molecule is CCCc1c2oc(C(=O)O)cc(=O)c2cc2c(=O)cc(C(=O)OC(C)OC(=O)[C@@H](N)CCCCNC(C)=N)n(CC)c12. The monoisotopic (exact) mass is 584 g/mol. The lowest BCUT2D eigenvalue weighted by Gasteiger charge is -2.20. The standard InChI is InChI=1S/C29H36N4O9/c1-5-9-17-25-18(12-19-23(35)14-24(27(36)37)42-26(17)19)22(34)13-21(33(25)6-2)29(39)41-16(4)40-28(38)20(31)10-7-8-11-32-15(3)30/h12-14,16,20H,5-11,31H2,1-4H3,(H2,30,32)(H,36,37)/t16?,20-/m0/s1. The van der Waals surface area contributed by atoms with E-state index in [1.165, 1.54) is 17.6 Å². The number of ether oxygens (including phenoxy) is 2. The number of amidine groups is 1. The zero-order chi connectivity index (χ0) is 31.1. The molecule has 3 rings (SSSR count). The molecule has 0 aliphatic heterocycles. The molecular weight excluding hydrogens is 548 g/mol. The second-order valence-electron chi connectivity index (χ2n) is 9.86. The highest BCUT2D eigenvalue weighted by molar-refractivity contribution is 6.01. The summed E-state index contributed by atoms with van der Waals surface area (Å²) >= 11 is 0. The molecule has 0 aliphatic rings. The largest absolute Gasteiger partial charge is 0.475 e. The Labute approximate surface area is 241 Å². The van der Waals surface area contributed by atoms with Crippen LogP contribution in [-0.2, 0) is 27.2 Å². The number of carbonyl (C=O) groups excluding carboxylic acids is 2. The van der Waals surface area contributed by atoms with E-state index in [-0.39, 0.29) is 28.6 Å². The summed E-state index contributed by atoms with van der Waals surface area (Å²) in [5, 5.41) is 19.9. The van der Waals surface area contributed by atoms with E-state index in [0.29, 0.717) is 55.6 Å². The maximum atomic E-state index is 13.2. The zero-order valence-electron chi connectivity index (χ0n) is 24.1. The molecule has 13 heteroatoms. The summed E-state index contributed by atoms with van der Waals surface area (Å²) in [4.78, 5) is 63.2. The number of carbonyl (C=O) groups is 3. The number of hydrogen-bond donors (Lipinski definition) is 4. The van der Waals surface area contributed by atoms with E-state index >= 15 is 0 Å². The van der Waals surface area contributed by atoms with E-state index in [4.69, 9.17) is 25.0 Å². The zero-order valence-corrected chi connectivity index (χ0v) is 24.1. The smallest absolute Gasteiger partial charge is 0.371 e. The van der Waals surface area contributed by atoms with Crippen LogP contribution in [0.5, 0.6) is 0 Å². The molecule has 0 amide bonds. The Morgan fingerprint density at radius 1 is 1.10 bits per heavy atom. The van der Waals surface area contributed by atoms with Crippen molar-refractivity contribution in [3.05, 3.63) is 55.7 Å². The molecule has 2 heterocycles. The van der Waals surface area contributed by atoms with Crippen LogP contribution in [0, 0.1) is 5.41 Å². The van der Waals surface area contributed by atoms with Crippen LogP contribution >= 0.6 is 0 Å². The van der Waals surface area contributed by atoms with Gasteiger partial charge in [-0.05, 0) is 45.6 Å². The molecule has 0 aliphatic carbocycles. The molecule has 0 saturated heterocycles. The lowest BCUT2D eigenvalue weighted by molar-refractivity contribution is -0.167. The highest BCUT2D eigenvalue weighted by Gasteiger charge is 2.25. The number of rotatable bonds is 13. The first kappa shape index (κ1) is 32.0. The minimum atomic E-state index is -1.42. The summed E-state index contributed by atoms with van der Waals surface area (Å²) in [5.74, 6) is -3.29. The number of nitrogens with two attached hydrogens (primary N) is 1. The van der Waals surface area contributed by atoms with Gasteiger partial charge < -0.3 is 34.6 Å². The van der Waals surface area contributed by atoms with Crippen LogP contribution in [0.1, 0.15) is 80.0 Å². The quantitative estimate of drug-likeness (QED) is 0.0574. The Morgan fingerprint density at radius 3 is 2.40 bits per heavy atom. The fourth-order valence-corrected chi connectivity index (χ4v) is 4.70. The van der Waals surface area contributed by atoms with Gasteiger partial charge in [0.15, 0.2) is 10.9 Å². The number of hydrogen-bond acceptors (Lipinski definition) is 10. The third kappa shape index (κ3) is 7.21. The Kier molecular flexibility index (Phi) is 10.6. The summed E-state index contributed by atoms with van der Waals surface area (Å²) < 4.78 is 17.7. The van der Waals surface area contributed by atoms with Gasteiger partial charge in [-0.1, -0.05) is 13.3 Å². The van der Waals surface area contributed by atoms with Crippen molar-refractivity contribution in [3.63, 3.8) is 0 Å². The van der Waals surface area contributed by atoms with Crippen LogP contribution in [0.2, 0.25) is 0 Å². The number of benzene rings is 1. The second-order valence-corrected chi connectivity index (χ2v) is 9.86. The highest BCUT2D eigenvalue weighted by atomic mass is 16.7. The number of esters is 2. The van der Waals surface area contributed by atoms with E-state index in [9.17, 15) is 29.1 Å². The summed E-state index contributed by atoms with van der Waals surface area (Å²) in [6.07, 6.45) is 1.24. The lowest BCUT2D eigenvalue weighted by Crippen LogP contribution is -2.36. The average molecular weight is 585 g/mol. The third-order valence-electron chi connectivity index (χ3n) is 6.61. The number of carboxylic acids is 1. The second kappa shape index (κ2) is 13.9. The molecule has 0 radical (unpaired) electrons. The predicted octanol–water partition coefficient (Wildman–Crippen LogP) is 2.91. The Hall–Kier alpha value is -4.52. The molecule has 0 spiro atoms. The Morgan fingerprint density at radius 2 is 1.79 bits per heavy atom. The van der Waals surface area contributed by atoms with Crippen molar-refractivity contribution in [1.29, 1.82) is 5.41 Å². The van der Waals surface area contributed by atoms with Crippen molar-refractivity contribution in [1.82, 2.24) is 9.88 Å². The van der Waals surface area contributed by atoms with Crippen LogP contribution in [0.15, 0.2) is 32.2 Å². The maximum absolute atomic E-state index is 13.2. The fraction of sp³-hybridized carbons (Fsp3) is 0.448. The van der Waals surface area contributed by atoms with Crippen molar-refractivity contribution < 1.29 is 33.4 Å². The van der Waals surface area contributed by atoms with E-state index in [1.807, 2.05) is 6.92 Å². The number of aromatic carboxylic acids is 1. The summed E-state index contributed by atoms with van der Waals surface area (Å²) in [5.41, 5.74) is 5.39. The van der Waals surface area contributed by atoms with E-state index in [0.717, 1.165) is 12.1 Å². The van der Waals surface area contributed by atoms with Gasteiger partial charge in [-0.15, -0.1) is 0 Å². The minimum Gasteiger partial charge on any atom is -0.475 e. The molecule has 3 aromatic rings. The number of aromatic nitrogens is 1. The topological polar surface area (TPSA) is 204 Å². The molecule has 2 atom stereocenters. The number of unbranched alkanes of at least 4 members (excludes halogenated alkanes) is 1. The molecule has 1 unspecified atom stereocenters. The number of nitrogens with zero attached hydrogens (tertiary/aromatic N) is 1. The molecule has 1 aromatic carbocycles. The van der Waals surface area contributed by atoms with Crippen molar-refractivity contribution >= 4 is 45.6 Å². The maximum Gasteiger partial charge on any atom is 0.371 e. The predicted molar refractivity (Wildman–Crippen MR) is 155 cm³/mol. The lowest BCUT2D eigenvalue weighted by atomic mass is 10.00. The molecule has 0 bridgehead atoms. The van der Waals surface area contributed by atoms with Crippen molar-refractivity contribution in [2.24, 2.45) is 5.73 Å². The van der Waals surface area contributed by atoms with Crippen LogP contribution in [0.4, 0.5) is 0 Å². The Balaban J connectivity index is 1.93. The fourth-order valence-electron chi connectivity index (χ4n) is 4.70. The van der Waals surface area contributed by atoms with Gasteiger partial charge in [-0.3, -0.25) is 19.8 Å². The molecule has 226 valence electrons. The van der Waals surface area contributed by atoms with Crippen LogP contribution < -0.4 is 21.9 Å². The normalized spacial score (nSPS) is 12.6. The number of pyridine rings is 1. The summed E-state index contributed by atoms with van der Waals surface area (Å²) in [6, 6.07) is 2.37. The Bertz CT molecular complexity index is 1640. The van der Waals surface area contributed by atoms with Crippen LogP contribution in [-0.4, -0.2) is 52.3 Å². The molecule has 2 aromatic heterocycles. The number of aryl methyl sites for hydroxylation is 2. The van der Waals surface area contributed by atoms with Crippen LogP contribution in [0.3, 0.4) is 0 Å².